The molecule has 11 heteroatoms. The van der Waals surface area contributed by atoms with Gasteiger partial charge < -0.3 is 18.9 Å². The Labute approximate surface area is 173 Å². The highest BCUT2D eigenvalue weighted by Gasteiger charge is 2.27. The summed E-state index contributed by atoms with van der Waals surface area (Å²) < 4.78 is 18.3. The molecular weight excluding hydrogens is 390 g/mol. The lowest BCUT2D eigenvalue weighted by molar-refractivity contribution is -0.0190. The molecule has 11 nitrogen and oxygen atoms in total. The van der Waals surface area contributed by atoms with Gasteiger partial charge in [0, 0.05) is 25.5 Å². The minimum absolute atomic E-state index is 0.0243. The molecule has 0 unspecified atom stereocenters. The lowest BCUT2D eigenvalue weighted by Gasteiger charge is -2.33. The fourth-order valence-electron chi connectivity index (χ4n) is 3.06. The van der Waals surface area contributed by atoms with Crippen molar-refractivity contribution >= 4 is 6.09 Å². The summed E-state index contributed by atoms with van der Waals surface area (Å²) in [5.41, 5.74) is -0.493. The van der Waals surface area contributed by atoms with Crippen LogP contribution in [0.1, 0.15) is 39.4 Å². The number of H-pyrrole nitrogens is 1. The molecule has 0 saturated carbocycles. The number of hydrogen-bond acceptors (Lipinski definition) is 8. The molecule has 0 aliphatic carbocycles. The van der Waals surface area contributed by atoms with Crippen molar-refractivity contribution < 1.29 is 18.8 Å². The Bertz CT molecular complexity index is 965. The van der Waals surface area contributed by atoms with E-state index >= 15 is 0 Å². The zero-order valence-electron chi connectivity index (χ0n) is 17.2. The van der Waals surface area contributed by atoms with Gasteiger partial charge in [0.05, 0.1) is 6.10 Å². The average molecular weight is 415 g/mol. The van der Waals surface area contributed by atoms with E-state index < -0.39 is 5.60 Å². The Morgan fingerprint density at radius 1 is 1.23 bits per heavy atom. The van der Waals surface area contributed by atoms with Gasteiger partial charge in [-0.15, -0.1) is 5.10 Å². The average Bonchev–Trinajstić information content (AvgIpc) is 3.46. The fourth-order valence-corrected chi connectivity index (χ4v) is 3.06. The Morgan fingerprint density at radius 3 is 2.67 bits per heavy atom. The lowest BCUT2D eigenvalue weighted by Crippen LogP contribution is -2.43. The molecule has 0 aromatic carbocycles. The Kier molecular flexibility index (Phi) is 5.53. The predicted molar refractivity (Wildman–Crippen MR) is 105 cm³/mol. The van der Waals surface area contributed by atoms with Crippen molar-refractivity contribution in [2.75, 3.05) is 13.1 Å². The zero-order chi connectivity index (χ0) is 21.1. The molecule has 0 bridgehead atoms. The molecule has 3 aromatic rings. The van der Waals surface area contributed by atoms with Crippen molar-refractivity contribution in [1.82, 2.24) is 34.8 Å². The maximum absolute atomic E-state index is 12.1. The number of aromatic nitrogens is 6. The molecule has 4 heterocycles. The molecule has 0 spiro atoms. The van der Waals surface area contributed by atoms with Crippen LogP contribution >= 0.6 is 0 Å². The van der Waals surface area contributed by atoms with Crippen molar-refractivity contribution in [3.8, 4) is 17.7 Å². The van der Waals surface area contributed by atoms with Crippen molar-refractivity contribution in [1.29, 1.82) is 0 Å². The van der Waals surface area contributed by atoms with Gasteiger partial charge >= 0.3 is 6.09 Å². The molecule has 0 radical (unpaired) electrons. The van der Waals surface area contributed by atoms with E-state index in [1.807, 2.05) is 45.3 Å². The molecular formula is C19H25N7O4. The third-order valence-electron chi connectivity index (χ3n) is 4.52. The van der Waals surface area contributed by atoms with Crippen molar-refractivity contribution in [3.63, 3.8) is 0 Å². The lowest BCUT2D eigenvalue weighted by atomic mass is 10.1. The van der Waals surface area contributed by atoms with Gasteiger partial charge in [0.25, 0.3) is 11.8 Å². The predicted octanol–water partition coefficient (Wildman–Crippen LogP) is 2.56. The monoisotopic (exact) mass is 415 g/mol. The van der Waals surface area contributed by atoms with E-state index in [-0.39, 0.29) is 24.7 Å². The first kappa shape index (κ1) is 20.1. The van der Waals surface area contributed by atoms with Gasteiger partial charge in [-0.1, -0.05) is 5.16 Å². The summed E-state index contributed by atoms with van der Waals surface area (Å²) in [6, 6.07) is 3.77. The van der Waals surface area contributed by atoms with Crippen molar-refractivity contribution in [2.45, 2.75) is 51.9 Å². The summed E-state index contributed by atoms with van der Waals surface area (Å²) in [6.45, 7) is 6.99. The van der Waals surface area contributed by atoms with Crippen LogP contribution in [0.3, 0.4) is 0 Å². The molecule has 1 amide bonds. The highest BCUT2D eigenvalue weighted by atomic mass is 16.6. The standard InChI is InChI=1S/C19H25N7O4/c1-19(2,3)29-18(27)26-10-6-13(7-11-26)28-12-14-20-16(30-24-14)15-21-17(23-22-15)25-8-4-5-9-25/h4-5,8-9,13H,6-7,10-12H2,1-3H3,(H,21,22,23). The highest BCUT2D eigenvalue weighted by molar-refractivity contribution is 5.68. The maximum atomic E-state index is 12.1. The molecule has 3 aromatic heterocycles. The van der Waals surface area contributed by atoms with Crippen LogP contribution in [0, 0.1) is 0 Å². The molecule has 1 N–H and O–H groups in total. The summed E-state index contributed by atoms with van der Waals surface area (Å²) in [6.07, 6.45) is 4.88. The van der Waals surface area contributed by atoms with Crippen molar-refractivity contribution in [3.05, 3.63) is 30.4 Å². The summed E-state index contributed by atoms with van der Waals surface area (Å²) in [7, 11) is 0. The number of nitrogens with zero attached hydrogens (tertiary/aromatic N) is 6. The second-order valence-electron chi connectivity index (χ2n) is 8.07. The van der Waals surface area contributed by atoms with Crippen molar-refractivity contribution in [2.24, 2.45) is 0 Å². The summed E-state index contributed by atoms with van der Waals surface area (Å²) in [5, 5.41) is 10.9. The maximum Gasteiger partial charge on any atom is 0.410 e. The normalized spacial score (nSPS) is 15.5. The Hall–Kier alpha value is -3.21. The van der Waals surface area contributed by atoms with Crippen LogP contribution < -0.4 is 0 Å². The minimum atomic E-state index is -0.493. The van der Waals surface area contributed by atoms with Crippen LogP contribution in [0.2, 0.25) is 0 Å². The first-order valence-corrected chi connectivity index (χ1v) is 9.85. The number of piperidine rings is 1. The Balaban J connectivity index is 1.26. The van der Waals surface area contributed by atoms with Crippen LogP contribution in [0.15, 0.2) is 29.0 Å². The highest BCUT2D eigenvalue weighted by Crippen LogP contribution is 2.19. The van der Waals surface area contributed by atoms with Gasteiger partial charge in [0.2, 0.25) is 5.82 Å². The molecule has 30 heavy (non-hydrogen) atoms. The van der Waals surface area contributed by atoms with Gasteiger partial charge in [-0.2, -0.15) is 9.97 Å². The third-order valence-corrected chi connectivity index (χ3v) is 4.52. The second kappa shape index (κ2) is 8.27. The zero-order valence-corrected chi connectivity index (χ0v) is 17.2. The third kappa shape index (κ3) is 4.85. The van der Waals surface area contributed by atoms with Crippen LogP contribution in [-0.2, 0) is 16.1 Å². The summed E-state index contributed by atoms with van der Waals surface area (Å²) in [4.78, 5) is 22.5. The number of nitrogens with one attached hydrogen (secondary N) is 1. The van der Waals surface area contributed by atoms with E-state index in [9.17, 15) is 4.79 Å². The molecule has 1 aliphatic rings. The molecule has 160 valence electrons. The van der Waals surface area contributed by atoms with Crippen LogP contribution in [0.4, 0.5) is 4.79 Å². The summed E-state index contributed by atoms with van der Waals surface area (Å²) >= 11 is 0. The number of carbonyl (C=O) groups excluding carboxylic acids is 1. The van der Waals surface area contributed by atoms with E-state index in [1.54, 1.807) is 9.47 Å². The van der Waals surface area contributed by atoms with E-state index in [4.69, 9.17) is 14.0 Å². The quantitative estimate of drug-likeness (QED) is 0.674. The van der Waals surface area contributed by atoms with Gasteiger partial charge in [-0.25, -0.2) is 4.79 Å². The van der Waals surface area contributed by atoms with Crippen LogP contribution in [0.25, 0.3) is 17.7 Å². The van der Waals surface area contributed by atoms with E-state index in [1.165, 1.54) is 0 Å². The van der Waals surface area contributed by atoms with Gasteiger partial charge in [0.1, 0.15) is 12.2 Å². The molecule has 0 atom stereocenters. The number of ether oxygens (including phenoxy) is 2. The van der Waals surface area contributed by atoms with E-state index in [0.717, 1.165) is 12.8 Å². The fraction of sp³-hybridized carbons (Fsp3) is 0.526. The second-order valence-corrected chi connectivity index (χ2v) is 8.07. The molecule has 1 saturated heterocycles. The van der Waals surface area contributed by atoms with Gasteiger partial charge in [-0.3, -0.25) is 9.67 Å². The van der Waals surface area contributed by atoms with Crippen LogP contribution in [0.5, 0.6) is 0 Å². The number of carbonyl (C=O) groups is 1. The molecule has 4 rings (SSSR count). The molecule has 1 fully saturated rings. The number of amides is 1. The van der Waals surface area contributed by atoms with Crippen LogP contribution in [-0.4, -0.2) is 65.7 Å². The largest absolute Gasteiger partial charge is 0.444 e. The summed E-state index contributed by atoms with van der Waals surface area (Å²) in [5.74, 6) is 1.56. The number of rotatable bonds is 5. The smallest absolute Gasteiger partial charge is 0.410 e. The van der Waals surface area contributed by atoms with Gasteiger partial charge in [-0.05, 0) is 45.7 Å². The molecule has 1 aliphatic heterocycles. The number of aromatic amines is 1. The number of hydrogen-bond donors (Lipinski definition) is 1. The topological polar surface area (TPSA) is 124 Å². The minimum Gasteiger partial charge on any atom is -0.444 e. The Morgan fingerprint density at radius 2 is 1.97 bits per heavy atom. The first-order chi connectivity index (χ1) is 14.4. The SMILES string of the molecule is CC(C)(C)OC(=O)N1CCC(OCc2noc(-c3nc(-n4cccc4)n[nH]3)n2)CC1. The first-order valence-electron chi connectivity index (χ1n) is 9.85. The van der Waals surface area contributed by atoms with E-state index in [0.29, 0.717) is 30.7 Å². The van der Waals surface area contributed by atoms with E-state index in [2.05, 4.69) is 25.3 Å². The van der Waals surface area contributed by atoms with Gasteiger partial charge in [0.15, 0.2) is 5.82 Å². The number of likely N-dealkylation sites (tertiary alicyclic amines) is 1.